The van der Waals surface area contributed by atoms with Crippen molar-refractivity contribution in [3.05, 3.63) is 63.3 Å². The van der Waals surface area contributed by atoms with Crippen LogP contribution in [0.2, 0.25) is 0 Å². The van der Waals surface area contributed by atoms with Crippen LogP contribution < -0.4 is 14.8 Å². The fourth-order valence-corrected chi connectivity index (χ4v) is 3.75. The highest BCUT2D eigenvalue weighted by Gasteiger charge is 2.33. The number of esters is 1. The van der Waals surface area contributed by atoms with Crippen LogP contribution in [-0.4, -0.2) is 43.1 Å². The number of halogens is 1. The van der Waals surface area contributed by atoms with Crippen molar-refractivity contribution in [2.24, 2.45) is 0 Å². The van der Waals surface area contributed by atoms with Gasteiger partial charge >= 0.3 is 12.0 Å². The molecule has 0 radical (unpaired) electrons. The third-order valence-electron chi connectivity index (χ3n) is 4.59. The van der Waals surface area contributed by atoms with E-state index in [0.717, 1.165) is 16.0 Å². The Morgan fingerprint density at radius 1 is 1.22 bits per heavy atom. The summed E-state index contributed by atoms with van der Waals surface area (Å²) in [4.78, 5) is 37.9. The lowest BCUT2D eigenvalue weighted by Crippen LogP contribution is -2.30. The van der Waals surface area contributed by atoms with E-state index in [1.54, 1.807) is 25.1 Å². The number of nitrogens with one attached hydrogen (secondary N) is 1. The van der Waals surface area contributed by atoms with Crippen molar-refractivity contribution in [2.75, 3.05) is 20.3 Å². The molecule has 3 rings (SSSR count). The number of urea groups is 1. The van der Waals surface area contributed by atoms with E-state index < -0.39 is 17.9 Å². The van der Waals surface area contributed by atoms with Gasteiger partial charge in [-0.05, 0) is 59.1 Å². The fourth-order valence-electron chi connectivity index (χ4n) is 3.17. The number of methoxy groups -OCH3 is 1. The SMILES string of the molecule is CCOC(=O)COc1c(Br)cc(/C=C2/NC(=O)N(Cc3cccc(C)c3)C2=O)cc1OC. The molecule has 8 nitrogen and oxygen atoms in total. The predicted octanol–water partition coefficient (Wildman–Crippen LogP) is 3.80. The summed E-state index contributed by atoms with van der Waals surface area (Å²) >= 11 is 3.40. The molecule has 32 heavy (non-hydrogen) atoms. The number of imide groups is 1. The van der Waals surface area contributed by atoms with Gasteiger partial charge in [-0.25, -0.2) is 9.59 Å². The van der Waals surface area contributed by atoms with E-state index in [-0.39, 0.29) is 25.5 Å². The van der Waals surface area contributed by atoms with Crippen LogP contribution in [0.4, 0.5) is 4.79 Å². The minimum Gasteiger partial charge on any atom is -0.493 e. The highest BCUT2D eigenvalue weighted by Crippen LogP contribution is 2.37. The molecular weight excluding hydrogens is 480 g/mol. The van der Waals surface area contributed by atoms with Crippen molar-refractivity contribution < 1.29 is 28.6 Å². The summed E-state index contributed by atoms with van der Waals surface area (Å²) in [6, 6.07) is 10.5. The molecule has 1 aliphatic rings. The molecule has 9 heteroatoms. The lowest BCUT2D eigenvalue weighted by Gasteiger charge is -2.13. The Morgan fingerprint density at radius 2 is 2.00 bits per heavy atom. The van der Waals surface area contributed by atoms with Gasteiger partial charge in [-0.3, -0.25) is 9.69 Å². The molecule has 0 bridgehead atoms. The van der Waals surface area contributed by atoms with Crippen molar-refractivity contribution in [2.45, 2.75) is 20.4 Å². The molecule has 3 amide bonds. The van der Waals surface area contributed by atoms with E-state index >= 15 is 0 Å². The number of benzene rings is 2. The average Bonchev–Trinajstić information content (AvgIpc) is 3.00. The molecule has 0 unspecified atom stereocenters. The van der Waals surface area contributed by atoms with E-state index in [1.807, 2.05) is 31.2 Å². The fraction of sp³-hybridized carbons (Fsp3) is 0.261. The van der Waals surface area contributed by atoms with Gasteiger partial charge in [-0.1, -0.05) is 29.8 Å². The maximum atomic E-state index is 12.8. The highest BCUT2D eigenvalue weighted by atomic mass is 79.9. The largest absolute Gasteiger partial charge is 0.493 e. The second-order valence-electron chi connectivity index (χ2n) is 7.00. The standard InChI is InChI=1S/C23H23BrN2O6/c1-4-31-20(27)13-32-21-17(24)9-16(11-19(21)30-3)10-18-22(28)26(23(29)25-18)12-15-7-5-6-14(2)8-15/h5-11H,4,12-13H2,1-3H3,(H,25,29)/b18-10+. The van der Waals surface area contributed by atoms with Gasteiger partial charge in [0.15, 0.2) is 18.1 Å². The number of rotatable bonds is 8. The van der Waals surface area contributed by atoms with Crippen LogP contribution in [0, 0.1) is 6.92 Å². The Labute approximate surface area is 194 Å². The minimum atomic E-state index is -0.499. The Balaban J connectivity index is 1.80. The molecule has 2 aromatic carbocycles. The number of hydrogen-bond donors (Lipinski definition) is 1. The first-order valence-electron chi connectivity index (χ1n) is 9.88. The zero-order chi connectivity index (χ0) is 23.3. The molecule has 0 aromatic heterocycles. The second kappa shape index (κ2) is 10.3. The van der Waals surface area contributed by atoms with Crippen molar-refractivity contribution in [1.29, 1.82) is 0 Å². The van der Waals surface area contributed by atoms with Crippen LogP contribution in [0.25, 0.3) is 6.08 Å². The smallest absolute Gasteiger partial charge is 0.344 e. The van der Waals surface area contributed by atoms with Gasteiger partial charge in [0.2, 0.25) is 0 Å². The van der Waals surface area contributed by atoms with Crippen LogP contribution in [-0.2, 0) is 20.9 Å². The monoisotopic (exact) mass is 502 g/mol. The van der Waals surface area contributed by atoms with Gasteiger partial charge in [0.05, 0.1) is 24.7 Å². The van der Waals surface area contributed by atoms with Crippen LogP contribution in [0.3, 0.4) is 0 Å². The van der Waals surface area contributed by atoms with Crippen molar-refractivity contribution in [3.8, 4) is 11.5 Å². The zero-order valence-corrected chi connectivity index (χ0v) is 19.5. The number of aryl methyl sites for hydroxylation is 1. The van der Waals surface area contributed by atoms with E-state index in [9.17, 15) is 14.4 Å². The van der Waals surface area contributed by atoms with Crippen LogP contribution in [0.5, 0.6) is 11.5 Å². The normalized spacial score (nSPS) is 14.5. The van der Waals surface area contributed by atoms with Crippen LogP contribution in [0.1, 0.15) is 23.6 Å². The van der Waals surface area contributed by atoms with Gasteiger partial charge in [0, 0.05) is 0 Å². The summed E-state index contributed by atoms with van der Waals surface area (Å²) in [6.45, 7) is 3.82. The Morgan fingerprint density at radius 3 is 2.69 bits per heavy atom. The summed E-state index contributed by atoms with van der Waals surface area (Å²) < 4.78 is 16.3. The predicted molar refractivity (Wildman–Crippen MR) is 121 cm³/mol. The van der Waals surface area contributed by atoms with E-state index in [4.69, 9.17) is 14.2 Å². The summed E-state index contributed by atoms with van der Waals surface area (Å²) in [6.07, 6.45) is 1.55. The molecule has 0 aliphatic carbocycles. The number of ether oxygens (including phenoxy) is 3. The molecule has 1 aliphatic heterocycles. The zero-order valence-electron chi connectivity index (χ0n) is 17.9. The topological polar surface area (TPSA) is 94.2 Å². The molecule has 1 fully saturated rings. The molecular formula is C23H23BrN2O6. The lowest BCUT2D eigenvalue weighted by atomic mass is 10.1. The first-order chi connectivity index (χ1) is 15.3. The molecule has 0 saturated carbocycles. The Kier molecular flexibility index (Phi) is 7.53. The number of amides is 3. The molecule has 1 N–H and O–H groups in total. The number of carbonyl (C=O) groups is 3. The molecule has 0 spiro atoms. The van der Waals surface area contributed by atoms with E-state index in [1.165, 1.54) is 7.11 Å². The summed E-state index contributed by atoms with van der Waals surface area (Å²) in [5.41, 5.74) is 2.66. The third kappa shape index (κ3) is 5.47. The molecule has 1 saturated heterocycles. The first kappa shape index (κ1) is 23.3. The lowest BCUT2D eigenvalue weighted by molar-refractivity contribution is -0.145. The maximum Gasteiger partial charge on any atom is 0.344 e. The second-order valence-corrected chi connectivity index (χ2v) is 7.85. The molecule has 1 heterocycles. The Bertz CT molecular complexity index is 1080. The van der Waals surface area contributed by atoms with Gasteiger partial charge in [-0.15, -0.1) is 0 Å². The Hall–Kier alpha value is -3.33. The molecule has 2 aromatic rings. The summed E-state index contributed by atoms with van der Waals surface area (Å²) in [5.74, 6) is -0.246. The summed E-state index contributed by atoms with van der Waals surface area (Å²) in [5, 5.41) is 2.61. The van der Waals surface area contributed by atoms with Gasteiger partial charge in [-0.2, -0.15) is 0 Å². The van der Waals surface area contributed by atoms with Crippen molar-refractivity contribution in [3.63, 3.8) is 0 Å². The van der Waals surface area contributed by atoms with Gasteiger partial charge in [0.25, 0.3) is 5.91 Å². The number of hydrogen-bond acceptors (Lipinski definition) is 6. The van der Waals surface area contributed by atoms with Gasteiger partial charge in [0.1, 0.15) is 5.70 Å². The average molecular weight is 503 g/mol. The molecule has 168 valence electrons. The number of nitrogens with zero attached hydrogens (tertiary/aromatic N) is 1. The van der Waals surface area contributed by atoms with Crippen LogP contribution in [0.15, 0.2) is 46.6 Å². The van der Waals surface area contributed by atoms with E-state index in [0.29, 0.717) is 21.5 Å². The quantitative estimate of drug-likeness (QED) is 0.335. The van der Waals surface area contributed by atoms with Crippen molar-refractivity contribution >= 4 is 39.9 Å². The summed E-state index contributed by atoms with van der Waals surface area (Å²) in [7, 11) is 1.46. The first-order valence-corrected chi connectivity index (χ1v) is 10.7. The minimum absolute atomic E-state index is 0.150. The highest BCUT2D eigenvalue weighted by molar-refractivity contribution is 9.10. The van der Waals surface area contributed by atoms with Crippen LogP contribution >= 0.6 is 15.9 Å². The maximum absolute atomic E-state index is 12.8. The van der Waals surface area contributed by atoms with Crippen molar-refractivity contribution in [1.82, 2.24) is 10.2 Å². The third-order valence-corrected chi connectivity index (χ3v) is 5.18. The number of carbonyl (C=O) groups excluding carboxylic acids is 3. The molecule has 0 atom stereocenters. The van der Waals surface area contributed by atoms with E-state index in [2.05, 4.69) is 21.2 Å². The van der Waals surface area contributed by atoms with Gasteiger partial charge < -0.3 is 19.5 Å².